The molecule has 0 spiro atoms. The highest BCUT2D eigenvalue weighted by atomic mass is 32.2. The molecule has 2 aliphatic heterocycles. The maximum atomic E-state index is 12.6. The van der Waals surface area contributed by atoms with Crippen LogP contribution in [0.1, 0.15) is 19.4 Å². The quantitative estimate of drug-likeness (QED) is 0.751. The van der Waals surface area contributed by atoms with E-state index in [-0.39, 0.29) is 18.1 Å². The lowest BCUT2D eigenvalue weighted by atomic mass is 10.2. The fraction of sp³-hybridized carbons (Fsp3) is 0.526. The molecule has 0 radical (unpaired) electrons. The molecule has 1 fully saturated rings. The summed E-state index contributed by atoms with van der Waals surface area (Å²) in [6.07, 6.45) is 0.172. The van der Waals surface area contributed by atoms with Gasteiger partial charge in [0.05, 0.1) is 18.0 Å². The number of thioether (sulfide) groups is 1. The number of anilines is 2. The Kier molecular flexibility index (Phi) is 5.10. The Balaban J connectivity index is 1.41. The SMILES string of the molecule is Cc1ccc(N2CCn3c(SCC(=O)N4C[C@H](C)O[C@@H](C)C4)nnc32)cc1. The van der Waals surface area contributed by atoms with Crippen LogP contribution in [0.2, 0.25) is 0 Å². The van der Waals surface area contributed by atoms with Gasteiger partial charge in [0.2, 0.25) is 11.9 Å². The molecule has 0 aliphatic carbocycles. The lowest BCUT2D eigenvalue weighted by Gasteiger charge is -2.35. The first-order valence-electron chi connectivity index (χ1n) is 9.34. The number of benzene rings is 1. The van der Waals surface area contributed by atoms with Gasteiger partial charge in [-0.15, -0.1) is 10.2 Å². The summed E-state index contributed by atoms with van der Waals surface area (Å²) in [5, 5.41) is 9.49. The lowest BCUT2D eigenvalue weighted by molar-refractivity contribution is -0.140. The predicted octanol–water partition coefficient (Wildman–Crippen LogP) is 2.47. The standard InChI is InChI=1S/C19H25N5O2S/c1-13-4-6-16(7-5-13)23-8-9-24-18(23)20-21-19(24)27-12-17(25)22-10-14(2)26-15(3)11-22/h4-7,14-15H,8-12H2,1-3H3/t14-,15-/m0/s1. The average molecular weight is 388 g/mol. The van der Waals surface area contributed by atoms with Crippen LogP contribution in [0.25, 0.3) is 0 Å². The van der Waals surface area contributed by atoms with Crippen molar-refractivity contribution in [3.05, 3.63) is 29.8 Å². The number of carbonyl (C=O) groups is 1. The van der Waals surface area contributed by atoms with E-state index >= 15 is 0 Å². The Morgan fingerprint density at radius 1 is 1.15 bits per heavy atom. The average Bonchev–Trinajstić information content (AvgIpc) is 3.22. The number of hydrogen-bond donors (Lipinski definition) is 0. The minimum atomic E-state index is 0.0862. The number of morpholine rings is 1. The minimum absolute atomic E-state index is 0.0862. The van der Waals surface area contributed by atoms with Crippen molar-refractivity contribution in [1.82, 2.24) is 19.7 Å². The van der Waals surface area contributed by atoms with Gasteiger partial charge in [0, 0.05) is 31.9 Å². The number of nitrogens with zero attached hydrogens (tertiary/aromatic N) is 5. The highest BCUT2D eigenvalue weighted by molar-refractivity contribution is 7.99. The van der Waals surface area contributed by atoms with Crippen molar-refractivity contribution in [1.29, 1.82) is 0 Å². The Labute approximate surface area is 163 Å². The van der Waals surface area contributed by atoms with Crippen molar-refractivity contribution < 1.29 is 9.53 Å². The van der Waals surface area contributed by atoms with Crippen molar-refractivity contribution >= 4 is 29.3 Å². The maximum absolute atomic E-state index is 12.6. The van der Waals surface area contributed by atoms with Gasteiger partial charge in [-0.2, -0.15) is 0 Å². The van der Waals surface area contributed by atoms with Gasteiger partial charge in [0.15, 0.2) is 5.16 Å². The van der Waals surface area contributed by atoms with Crippen LogP contribution in [0.15, 0.2) is 29.4 Å². The maximum Gasteiger partial charge on any atom is 0.233 e. The number of carbonyl (C=O) groups excluding carboxylic acids is 1. The summed E-state index contributed by atoms with van der Waals surface area (Å²) in [4.78, 5) is 16.6. The molecule has 1 aromatic heterocycles. The molecule has 0 N–H and O–H groups in total. The normalized spacial score (nSPS) is 22.2. The van der Waals surface area contributed by atoms with Crippen molar-refractivity contribution in [2.45, 2.75) is 44.7 Å². The van der Waals surface area contributed by atoms with Crippen LogP contribution in [0, 0.1) is 6.92 Å². The molecule has 1 aromatic carbocycles. The molecule has 8 heteroatoms. The molecule has 1 amide bonds. The van der Waals surface area contributed by atoms with E-state index in [9.17, 15) is 4.79 Å². The van der Waals surface area contributed by atoms with Gasteiger partial charge in [0.1, 0.15) is 0 Å². The van der Waals surface area contributed by atoms with Crippen molar-refractivity contribution in [2.75, 3.05) is 30.3 Å². The summed E-state index contributed by atoms with van der Waals surface area (Å²) >= 11 is 1.47. The number of aromatic nitrogens is 3. The summed E-state index contributed by atoms with van der Waals surface area (Å²) in [5.74, 6) is 1.36. The topological polar surface area (TPSA) is 63.5 Å². The van der Waals surface area contributed by atoms with Gasteiger partial charge in [-0.05, 0) is 32.9 Å². The van der Waals surface area contributed by atoms with E-state index in [1.165, 1.54) is 17.3 Å². The molecule has 4 rings (SSSR count). The van der Waals surface area contributed by atoms with E-state index in [1.807, 2.05) is 18.7 Å². The van der Waals surface area contributed by atoms with Gasteiger partial charge < -0.3 is 14.5 Å². The van der Waals surface area contributed by atoms with Crippen LogP contribution in [-0.2, 0) is 16.1 Å². The third-order valence-electron chi connectivity index (χ3n) is 4.93. The Morgan fingerprint density at radius 3 is 2.56 bits per heavy atom. The zero-order valence-electron chi connectivity index (χ0n) is 16.0. The summed E-state index contributed by atoms with van der Waals surface area (Å²) in [5.41, 5.74) is 2.36. The Morgan fingerprint density at radius 2 is 1.85 bits per heavy atom. The minimum Gasteiger partial charge on any atom is -0.372 e. The fourth-order valence-corrected chi connectivity index (χ4v) is 4.51. The second-order valence-electron chi connectivity index (χ2n) is 7.27. The van der Waals surface area contributed by atoms with Gasteiger partial charge in [-0.1, -0.05) is 29.5 Å². The number of hydrogen-bond acceptors (Lipinski definition) is 6. The molecule has 27 heavy (non-hydrogen) atoms. The van der Waals surface area contributed by atoms with Crippen LogP contribution in [0.4, 0.5) is 11.6 Å². The number of amides is 1. The number of ether oxygens (including phenoxy) is 1. The van der Waals surface area contributed by atoms with Crippen LogP contribution in [-0.4, -0.2) is 63.2 Å². The molecule has 3 heterocycles. The van der Waals surface area contributed by atoms with E-state index in [1.54, 1.807) is 0 Å². The van der Waals surface area contributed by atoms with Crippen molar-refractivity contribution in [3.8, 4) is 0 Å². The number of fused-ring (bicyclic) bond motifs is 1. The van der Waals surface area contributed by atoms with Crippen LogP contribution in [0.3, 0.4) is 0 Å². The molecule has 2 atom stereocenters. The summed E-state index contributed by atoms with van der Waals surface area (Å²) in [6, 6.07) is 8.42. The molecule has 2 aliphatic rings. The van der Waals surface area contributed by atoms with E-state index in [4.69, 9.17) is 4.74 Å². The highest BCUT2D eigenvalue weighted by Crippen LogP contribution is 2.32. The summed E-state index contributed by atoms with van der Waals surface area (Å²) < 4.78 is 7.81. The van der Waals surface area contributed by atoms with Crippen LogP contribution < -0.4 is 4.90 Å². The molecule has 1 saturated heterocycles. The van der Waals surface area contributed by atoms with E-state index < -0.39 is 0 Å². The first-order valence-corrected chi connectivity index (χ1v) is 10.3. The molecule has 0 saturated carbocycles. The molecule has 0 unspecified atom stereocenters. The second-order valence-corrected chi connectivity index (χ2v) is 8.21. The highest BCUT2D eigenvalue weighted by Gasteiger charge is 2.28. The zero-order chi connectivity index (χ0) is 19.0. The smallest absolute Gasteiger partial charge is 0.233 e. The largest absolute Gasteiger partial charge is 0.372 e. The lowest BCUT2D eigenvalue weighted by Crippen LogP contribution is -2.48. The number of aryl methyl sites for hydroxylation is 1. The fourth-order valence-electron chi connectivity index (χ4n) is 3.65. The molecule has 2 aromatic rings. The zero-order valence-corrected chi connectivity index (χ0v) is 16.8. The van der Waals surface area contributed by atoms with E-state index in [0.29, 0.717) is 18.8 Å². The van der Waals surface area contributed by atoms with Gasteiger partial charge in [0.25, 0.3) is 0 Å². The molecule has 144 valence electrons. The predicted molar refractivity (Wildman–Crippen MR) is 106 cm³/mol. The van der Waals surface area contributed by atoms with Gasteiger partial charge in [-0.25, -0.2) is 0 Å². The first-order chi connectivity index (χ1) is 13.0. The molecular formula is C19H25N5O2S. The Bertz CT molecular complexity index is 812. The van der Waals surface area contributed by atoms with E-state index in [0.717, 1.165) is 29.9 Å². The monoisotopic (exact) mass is 387 g/mol. The summed E-state index contributed by atoms with van der Waals surface area (Å²) in [7, 11) is 0. The molecule has 7 nitrogen and oxygen atoms in total. The first kappa shape index (κ1) is 18.3. The third-order valence-corrected chi connectivity index (χ3v) is 5.88. The van der Waals surface area contributed by atoms with Crippen molar-refractivity contribution in [3.63, 3.8) is 0 Å². The van der Waals surface area contributed by atoms with Gasteiger partial charge >= 0.3 is 0 Å². The second kappa shape index (κ2) is 7.52. The van der Waals surface area contributed by atoms with E-state index in [2.05, 4.69) is 50.9 Å². The number of rotatable bonds is 4. The van der Waals surface area contributed by atoms with Crippen LogP contribution >= 0.6 is 11.8 Å². The van der Waals surface area contributed by atoms with Gasteiger partial charge in [-0.3, -0.25) is 9.36 Å². The molecule has 0 bridgehead atoms. The summed E-state index contributed by atoms with van der Waals surface area (Å²) in [6.45, 7) is 9.11. The Hall–Kier alpha value is -2.06. The third kappa shape index (κ3) is 3.82. The van der Waals surface area contributed by atoms with Crippen LogP contribution in [0.5, 0.6) is 0 Å². The van der Waals surface area contributed by atoms with Crippen molar-refractivity contribution in [2.24, 2.45) is 0 Å². The molecular weight excluding hydrogens is 362 g/mol.